The molecule has 2 aliphatic rings. The Labute approximate surface area is 142 Å². The lowest BCUT2D eigenvalue weighted by atomic mass is 9.93. The summed E-state index contributed by atoms with van der Waals surface area (Å²) in [5.74, 6) is 2.76. The number of hydrogen-bond donors (Lipinski definition) is 0. The quantitative estimate of drug-likeness (QED) is 0.806. The molecule has 24 heavy (non-hydrogen) atoms. The lowest BCUT2D eigenvalue weighted by Crippen LogP contribution is -2.23. The van der Waals surface area contributed by atoms with Gasteiger partial charge in [-0.3, -0.25) is 0 Å². The molecule has 2 aliphatic heterocycles. The molecule has 0 radical (unpaired) electrons. The van der Waals surface area contributed by atoms with Crippen LogP contribution in [0.1, 0.15) is 22.3 Å². The summed E-state index contributed by atoms with van der Waals surface area (Å²) >= 11 is 0. The highest BCUT2D eigenvalue weighted by Gasteiger charge is 2.22. The summed E-state index contributed by atoms with van der Waals surface area (Å²) in [6.45, 7) is 2.23. The Morgan fingerprint density at radius 1 is 0.958 bits per heavy atom. The van der Waals surface area contributed by atoms with Gasteiger partial charge in [-0.2, -0.15) is 0 Å². The van der Waals surface area contributed by atoms with Crippen molar-refractivity contribution in [2.24, 2.45) is 0 Å². The predicted octanol–water partition coefficient (Wildman–Crippen LogP) is 3.20. The number of aryl methyl sites for hydroxylation is 2. The zero-order valence-electron chi connectivity index (χ0n) is 14.3. The smallest absolute Gasteiger partial charge is 0.231 e. The first-order valence-electron chi connectivity index (χ1n) is 8.49. The number of hydrogen-bond acceptors (Lipinski definition) is 4. The molecule has 0 fully saturated rings. The Balaban J connectivity index is 1.71. The van der Waals surface area contributed by atoms with Crippen molar-refractivity contribution in [1.82, 2.24) is 4.90 Å². The average Bonchev–Trinajstić information content (AvgIpc) is 3.08. The van der Waals surface area contributed by atoms with E-state index in [1.165, 1.54) is 22.3 Å². The standard InChI is InChI=1S/C20H23NO3/c1-21-10-9-16-11-17(22-2)7-5-14(16)3-4-15-6-8-19-20(18(15)12-21)24-13-23-19/h5-8,11H,3-4,9-10,12-13H2,1-2H3. The topological polar surface area (TPSA) is 30.9 Å². The van der Waals surface area contributed by atoms with E-state index in [4.69, 9.17) is 14.2 Å². The molecule has 0 saturated carbocycles. The highest BCUT2D eigenvalue weighted by Crippen LogP contribution is 2.39. The number of methoxy groups -OCH3 is 1. The molecular formula is C20H23NO3. The van der Waals surface area contributed by atoms with E-state index in [1.54, 1.807) is 7.11 Å². The fourth-order valence-corrected chi connectivity index (χ4v) is 3.61. The highest BCUT2D eigenvalue weighted by molar-refractivity contribution is 5.52. The van der Waals surface area contributed by atoms with E-state index in [0.29, 0.717) is 6.79 Å². The Bertz CT molecular complexity index is 757. The van der Waals surface area contributed by atoms with E-state index >= 15 is 0 Å². The van der Waals surface area contributed by atoms with Crippen LogP contribution in [0, 0.1) is 0 Å². The molecule has 2 heterocycles. The van der Waals surface area contributed by atoms with E-state index < -0.39 is 0 Å². The largest absolute Gasteiger partial charge is 0.497 e. The van der Waals surface area contributed by atoms with Crippen molar-refractivity contribution in [3.8, 4) is 17.2 Å². The van der Waals surface area contributed by atoms with Crippen LogP contribution in [0.15, 0.2) is 30.3 Å². The summed E-state index contributed by atoms with van der Waals surface area (Å²) in [6, 6.07) is 10.7. The van der Waals surface area contributed by atoms with Gasteiger partial charge in [-0.15, -0.1) is 0 Å². The number of nitrogens with zero attached hydrogens (tertiary/aromatic N) is 1. The summed E-state index contributed by atoms with van der Waals surface area (Å²) in [5, 5.41) is 0. The van der Waals surface area contributed by atoms with Gasteiger partial charge in [0.05, 0.1) is 7.11 Å². The minimum Gasteiger partial charge on any atom is -0.497 e. The van der Waals surface area contributed by atoms with Crippen molar-refractivity contribution in [3.05, 3.63) is 52.6 Å². The third kappa shape index (κ3) is 2.82. The lowest BCUT2D eigenvalue weighted by molar-refractivity contribution is 0.172. The first kappa shape index (κ1) is 15.3. The van der Waals surface area contributed by atoms with Gasteiger partial charge in [-0.1, -0.05) is 12.1 Å². The summed E-state index contributed by atoms with van der Waals surface area (Å²) in [5.41, 5.74) is 5.44. The normalized spacial score (nSPS) is 17.1. The Morgan fingerprint density at radius 3 is 2.67 bits per heavy atom. The molecule has 0 unspecified atom stereocenters. The van der Waals surface area contributed by atoms with Crippen molar-refractivity contribution >= 4 is 0 Å². The summed E-state index contributed by atoms with van der Waals surface area (Å²) in [4.78, 5) is 2.36. The first-order chi connectivity index (χ1) is 11.7. The molecule has 0 saturated heterocycles. The number of fused-ring (bicyclic) bond motifs is 4. The van der Waals surface area contributed by atoms with Crippen molar-refractivity contribution < 1.29 is 14.2 Å². The molecule has 2 aromatic rings. The molecule has 4 rings (SSSR count). The maximum absolute atomic E-state index is 5.75. The zero-order valence-corrected chi connectivity index (χ0v) is 14.3. The molecule has 2 aromatic carbocycles. The maximum atomic E-state index is 5.75. The molecule has 0 bridgehead atoms. The van der Waals surface area contributed by atoms with Crippen LogP contribution < -0.4 is 14.2 Å². The van der Waals surface area contributed by atoms with Gasteiger partial charge in [0.25, 0.3) is 0 Å². The van der Waals surface area contributed by atoms with Gasteiger partial charge in [0.15, 0.2) is 11.5 Å². The molecule has 0 spiro atoms. The predicted molar refractivity (Wildman–Crippen MR) is 93.0 cm³/mol. The summed E-state index contributed by atoms with van der Waals surface area (Å²) < 4.78 is 16.7. The van der Waals surface area contributed by atoms with Gasteiger partial charge >= 0.3 is 0 Å². The molecule has 126 valence electrons. The fourth-order valence-electron chi connectivity index (χ4n) is 3.61. The van der Waals surface area contributed by atoms with E-state index in [9.17, 15) is 0 Å². The van der Waals surface area contributed by atoms with Gasteiger partial charge in [0.2, 0.25) is 6.79 Å². The highest BCUT2D eigenvalue weighted by atomic mass is 16.7. The minimum absolute atomic E-state index is 0.331. The van der Waals surface area contributed by atoms with Gasteiger partial charge in [-0.05, 0) is 61.2 Å². The van der Waals surface area contributed by atoms with Crippen LogP contribution in [0.25, 0.3) is 0 Å². The molecule has 4 heteroatoms. The van der Waals surface area contributed by atoms with Gasteiger partial charge in [0, 0.05) is 18.7 Å². The number of benzene rings is 2. The lowest BCUT2D eigenvalue weighted by Gasteiger charge is -2.23. The monoisotopic (exact) mass is 325 g/mol. The van der Waals surface area contributed by atoms with Gasteiger partial charge < -0.3 is 19.1 Å². The van der Waals surface area contributed by atoms with Crippen molar-refractivity contribution in [2.75, 3.05) is 27.5 Å². The molecule has 0 aromatic heterocycles. The molecular weight excluding hydrogens is 302 g/mol. The second kappa shape index (κ2) is 6.36. The zero-order chi connectivity index (χ0) is 16.5. The van der Waals surface area contributed by atoms with Crippen molar-refractivity contribution in [3.63, 3.8) is 0 Å². The third-order valence-electron chi connectivity index (χ3n) is 5.01. The Morgan fingerprint density at radius 2 is 1.79 bits per heavy atom. The fraction of sp³-hybridized carbons (Fsp3) is 0.400. The van der Waals surface area contributed by atoms with Crippen LogP contribution >= 0.6 is 0 Å². The van der Waals surface area contributed by atoms with E-state index in [0.717, 1.165) is 49.6 Å². The van der Waals surface area contributed by atoms with Crippen LogP contribution in [0.4, 0.5) is 0 Å². The van der Waals surface area contributed by atoms with Crippen LogP contribution in [0.2, 0.25) is 0 Å². The van der Waals surface area contributed by atoms with Crippen molar-refractivity contribution in [1.29, 1.82) is 0 Å². The number of ether oxygens (including phenoxy) is 3. The minimum atomic E-state index is 0.331. The second-order valence-corrected chi connectivity index (χ2v) is 6.56. The summed E-state index contributed by atoms with van der Waals surface area (Å²) in [6.07, 6.45) is 3.08. The maximum Gasteiger partial charge on any atom is 0.231 e. The van der Waals surface area contributed by atoms with Gasteiger partial charge in [0.1, 0.15) is 5.75 Å². The molecule has 0 atom stereocenters. The van der Waals surface area contributed by atoms with Crippen molar-refractivity contribution in [2.45, 2.75) is 25.8 Å². The van der Waals surface area contributed by atoms with Gasteiger partial charge in [-0.25, -0.2) is 0 Å². The van der Waals surface area contributed by atoms with Crippen LogP contribution in [0.3, 0.4) is 0 Å². The van der Waals surface area contributed by atoms with E-state index in [-0.39, 0.29) is 0 Å². The van der Waals surface area contributed by atoms with E-state index in [1.807, 2.05) is 6.07 Å². The Kier molecular flexibility index (Phi) is 4.07. The van der Waals surface area contributed by atoms with Crippen LogP contribution in [-0.2, 0) is 25.8 Å². The van der Waals surface area contributed by atoms with E-state index in [2.05, 4.69) is 36.2 Å². The number of rotatable bonds is 1. The molecule has 0 aliphatic carbocycles. The number of likely N-dealkylation sites (N-methyl/N-ethyl adjacent to an activating group) is 1. The van der Waals surface area contributed by atoms with Crippen LogP contribution in [0.5, 0.6) is 17.2 Å². The summed E-state index contributed by atoms with van der Waals surface area (Å²) in [7, 11) is 3.90. The molecule has 4 nitrogen and oxygen atoms in total. The van der Waals surface area contributed by atoms with Crippen LogP contribution in [-0.4, -0.2) is 32.4 Å². The molecule has 0 N–H and O–H groups in total. The average molecular weight is 325 g/mol. The SMILES string of the molecule is COc1ccc2c(c1)CCN(C)Cc1c(ccc3c1OCO3)CC2. The molecule has 0 amide bonds. The second-order valence-electron chi connectivity index (χ2n) is 6.56. The third-order valence-corrected chi connectivity index (χ3v) is 5.01. The Hall–Kier alpha value is -2.20. The first-order valence-corrected chi connectivity index (χ1v) is 8.49.